The summed E-state index contributed by atoms with van der Waals surface area (Å²) >= 11 is 1.34. The zero-order valence-corrected chi connectivity index (χ0v) is 21.9. The van der Waals surface area contributed by atoms with Gasteiger partial charge in [0.25, 0.3) is 5.56 Å². The van der Waals surface area contributed by atoms with Gasteiger partial charge in [-0.25, -0.2) is 9.37 Å². The van der Waals surface area contributed by atoms with E-state index in [0.717, 1.165) is 23.8 Å². The Kier molecular flexibility index (Phi) is 7.26. The van der Waals surface area contributed by atoms with Gasteiger partial charge in [-0.2, -0.15) is 13.2 Å². The van der Waals surface area contributed by atoms with Gasteiger partial charge in [0.05, 0.1) is 41.0 Å². The van der Waals surface area contributed by atoms with Gasteiger partial charge in [-0.05, 0) is 41.8 Å². The van der Waals surface area contributed by atoms with Crippen molar-refractivity contribution in [3.63, 3.8) is 0 Å². The van der Waals surface area contributed by atoms with Crippen LogP contribution in [0.1, 0.15) is 39.9 Å². The number of hydrogen-bond acceptors (Lipinski definition) is 5. The van der Waals surface area contributed by atoms with Crippen LogP contribution in [0.4, 0.5) is 17.6 Å². The summed E-state index contributed by atoms with van der Waals surface area (Å²) < 4.78 is 63.4. The standard InChI is InChI=1S/C29H25F4N3O2S/c1-16-18(14-19-20(29(31,32)33)10-6-11-21(19)30)28-36(23(15-39-28)26(34)17-8-4-3-5-9-17)27(37)25(16)22-12-7-13-24(35-22)38-2/h3-13,23,26H,14-15,34H2,1-2H3. The Labute approximate surface area is 226 Å². The van der Waals surface area contributed by atoms with Crippen molar-refractivity contribution in [3.8, 4) is 17.1 Å². The summed E-state index contributed by atoms with van der Waals surface area (Å²) in [5, 5.41) is 0.483. The van der Waals surface area contributed by atoms with Crippen LogP contribution >= 0.6 is 11.8 Å². The third-order valence-corrected chi connectivity index (χ3v) is 8.25. The van der Waals surface area contributed by atoms with Crippen molar-refractivity contribution in [2.24, 2.45) is 5.73 Å². The number of ether oxygens (including phenoxy) is 1. The summed E-state index contributed by atoms with van der Waals surface area (Å²) in [6.07, 6.45) is -5.11. The van der Waals surface area contributed by atoms with Gasteiger partial charge in [-0.1, -0.05) is 42.5 Å². The minimum atomic E-state index is -4.75. The molecule has 0 saturated carbocycles. The van der Waals surface area contributed by atoms with Gasteiger partial charge < -0.3 is 10.5 Å². The average Bonchev–Trinajstić information content (AvgIpc) is 3.37. The molecule has 2 aromatic heterocycles. The van der Waals surface area contributed by atoms with Gasteiger partial charge in [0.15, 0.2) is 0 Å². The molecule has 0 aliphatic carbocycles. The van der Waals surface area contributed by atoms with E-state index in [2.05, 4.69) is 4.98 Å². The van der Waals surface area contributed by atoms with Crippen molar-refractivity contribution in [1.29, 1.82) is 0 Å². The van der Waals surface area contributed by atoms with Crippen LogP contribution in [0.25, 0.3) is 11.3 Å². The number of nitrogens with zero attached hydrogens (tertiary/aromatic N) is 2. The molecule has 2 unspecified atom stereocenters. The number of fused-ring (bicyclic) bond motifs is 1. The largest absolute Gasteiger partial charge is 0.481 e. The summed E-state index contributed by atoms with van der Waals surface area (Å²) in [5.74, 6) is -0.259. The van der Waals surface area contributed by atoms with Gasteiger partial charge in [-0.15, -0.1) is 11.8 Å². The van der Waals surface area contributed by atoms with Gasteiger partial charge >= 0.3 is 6.18 Å². The number of pyridine rings is 2. The Morgan fingerprint density at radius 3 is 2.49 bits per heavy atom. The Balaban J connectivity index is 1.76. The molecule has 0 saturated heterocycles. The zero-order chi connectivity index (χ0) is 27.9. The van der Waals surface area contributed by atoms with Crippen LogP contribution in [0.3, 0.4) is 0 Å². The molecule has 0 amide bonds. The molecule has 0 fully saturated rings. The minimum absolute atomic E-state index is 0.213. The van der Waals surface area contributed by atoms with Crippen LogP contribution in [-0.4, -0.2) is 22.4 Å². The monoisotopic (exact) mass is 555 g/mol. The molecule has 0 bridgehead atoms. The van der Waals surface area contributed by atoms with Crippen LogP contribution in [0.2, 0.25) is 0 Å². The van der Waals surface area contributed by atoms with E-state index >= 15 is 0 Å². The lowest BCUT2D eigenvalue weighted by Gasteiger charge is -2.25. The number of thioether (sulfide) groups is 1. The molecule has 0 radical (unpaired) electrons. The van der Waals surface area contributed by atoms with Crippen LogP contribution in [0.15, 0.2) is 76.6 Å². The highest BCUT2D eigenvalue weighted by atomic mass is 32.2. The maximum atomic E-state index is 15.0. The minimum Gasteiger partial charge on any atom is -0.481 e. The fourth-order valence-corrected chi connectivity index (χ4v) is 6.49. The molecule has 4 aromatic rings. The first kappa shape index (κ1) is 27.0. The topological polar surface area (TPSA) is 70.1 Å². The number of halogens is 4. The molecule has 1 aliphatic heterocycles. The Morgan fingerprint density at radius 2 is 1.79 bits per heavy atom. The molecule has 5 nitrogen and oxygen atoms in total. The number of alkyl halides is 3. The molecule has 10 heteroatoms. The fourth-order valence-electron chi connectivity index (χ4n) is 5.05. The van der Waals surface area contributed by atoms with E-state index in [0.29, 0.717) is 27.6 Å². The smallest absolute Gasteiger partial charge is 0.416 e. The second-order valence-electron chi connectivity index (χ2n) is 9.28. The molecule has 1 aliphatic rings. The van der Waals surface area contributed by atoms with E-state index < -0.39 is 35.2 Å². The number of methoxy groups -OCH3 is 1. The van der Waals surface area contributed by atoms with Gasteiger partial charge in [0.2, 0.25) is 5.88 Å². The van der Waals surface area contributed by atoms with Crippen molar-refractivity contribution in [3.05, 3.63) is 111 Å². The molecular weight excluding hydrogens is 530 g/mol. The van der Waals surface area contributed by atoms with Gasteiger partial charge in [0, 0.05) is 23.8 Å². The molecule has 0 spiro atoms. The third kappa shape index (κ3) is 4.94. The number of benzene rings is 2. The summed E-state index contributed by atoms with van der Waals surface area (Å²) in [5.41, 5.74) is 6.96. The Hall–Kier alpha value is -3.63. The number of nitrogens with two attached hydrogens (primary N) is 1. The molecule has 202 valence electrons. The second-order valence-corrected chi connectivity index (χ2v) is 10.3. The van der Waals surface area contributed by atoms with Crippen molar-refractivity contribution >= 4 is 11.8 Å². The van der Waals surface area contributed by atoms with Crippen molar-refractivity contribution in [1.82, 2.24) is 9.55 Å². The van der Waals surface area contributed by atoms with Crippen molar-refractivity contribution in [2.45, 2.75) is 36.6 Å². The van der Waals surface area contributed by atoms with Crippen molar-refractivity contribution < 1.29 is 22.3 Å². The maximum Gasteiger partial charge on any atom is 0.416 e. The average molecular weight is 556 g/mol. The lowest BCUT2D eigenvalue weighted by atomic mass is 9.93. The lowest BCUT2D eigenvalue weighted by Crippen LogP contribution is -2.33. The Morgan fingerprint density at radius 1 is 1.08 bits per heavy atom. The lowest BCUT2D eigenvalue weighted by molar-refractivity contribution is -0.138. The molecule has 39 heavy (non-hydrogen) atoms. The highest BCUT2D eigenvalue weighted by Crippen LogP contribution is 2.44. The van der Waals surface area contributed by atoms with Crippen LogP contribution in [0, 0.1) is 12.7 Å². The SMILES string of the molecule is COc1cccc(-c2c(C)c(Cc3c(F)cccc3C(F)(F)F)c3n(c2=O)C(C(N)c2ccccc2)CS3)n1. The summed E-state index contributed by atoms with van der Waals surface area (Å²) in [6.45, 7) is 1.66. The first-order valence-electron chi connectivity index (χ1n) is 12.2. The molecule has 2 N–H and O–H groups in total. The Bertz CT molecular complexity index is 1590. The predicted octanol–water partition coefficient (Wildman–Crippen LogP) is 6.32. The fraction of sp³-hybridized carbons (Fsp3) is 0.241. The van der Waals surface area contributed by atoms with E-state index in [1.165, 1.54) is 18.9 Å². The van der Waals surface area contributed by atoms with Gasteiger partial charge in [0.1, 0.15) is 5.82 Å². The summed E-state index contributed by atoms with van der Waals surface area (Å²) in [7, 11) is 1.45. The molecule has 2 atom stereocenters. The van der Waals surface area contributed by atoms with E-state index in [4.69, 9.17) is 10.5 Å². The molecule has 5 rings (SSSR count). The van der Waals surface area contributed by atoms with Crippen LogP contribution in [-0.2, 0) is 12.6 Å². The normalized spacial score (nSPS) is 15.7. The highest BCUT2D eigenvalue weighted by molar-refractivity contribution is 7.99. The molecule has 3 heterocycles. The van der Waals surface area contributed by atoms with Crippen molar-refractivity contribution in [2.75, 3.05) is 12.9 Å². The number of rotatable bonds is 6. The first-order valence-corrected chi connectivity index (χ1v) is 13.2. The second kappa shape index (κ2) is 10.5. The number of aromatic nitrogens is 2. The van der Waals surface area contributed by atoms with E-state index in [-0.39, 0.29) is 23.4 Å². The third-order valence-electron chi connectivity index (χ3n) is 7.03. The summed E-state index contributed by atoms with van der Waals surface area (Å²) in [6, 6.07) is 16.1. The van der Waals surface area contributed by atoms with Crippen LogP contribution in [0.5, 0.6) is 5.88 Å². The summed E-state index contributed by atoms with van der Waals surface area (Å²) in [4.78, 5) is 18.5. The molecule has 2 aromatic carbocycles. The first-order chi connectivity index (χ1) is 18.6. The maximum absolute atomic E-state index is 15.0. The molecular formula is C29H25F4N3O2S. The van der Waals surface area contributed by atoms with Crippen LogP contribution < -0.4 is 16.0 Å². The highest BCUT2D eigenvalue weighted by Gasteiger charge is 2.37. The van der Waals surface area contributed by atoms with E-state index in [9.17, 15) is 22.4 Å². The number of hydrogen-bond donors (Lipinski definition) is 1. The van der Waals surface area contributed by atoms with E-state index in [1.54, 1.807) is 29.7 Å². The predicted molar refractivity (Wildman–Crippen MR) is 143 cm³/mol. The zero-order valence-electron chi connectivity index (χ0n) is 21.1. The van der Waals surface area contributed by atoms with Gasteiger partial charge in [-0.3, -0.25) is 9.36 Å². The van der Waals surface area contributed by atoms with E-state index in [1.807, 2.05) is 30.3 Å². The quantitative estimate of drug-likeness (QED) is 0.282.